The van der Waals surface area contributed by atoms with Crippen LogP contribution in [0.5, 0.6) is 0 Å². The highest BCUT2D eigenvalue weighted by molar-refractivity contribution is 5.97. The molecule has 7 nitrogen and oxygen atoms in total. The fourth-order valence-electron chi connectivity index (χ4n) is 3.26. The first kappa shape index (κ1) is 15.4. The Morgan fingerprint density at radius 1 is 1.20 bits per heavy atom. The lowest BCUT2D eigenvalue weighted by atomic mass is 9.96. The van der Waals surface area contributed by atoms with Gasteiger partial charge in [0.2, 0.25) is 5.76 Å². The normalized spacial score (nSPS) is 13.6. The van der Waals surface area contributed by atoms with Gasteiger partial charge in [-0.3, -0.25) is 4.79 Å². The molecule has 0 saturated heterocycles. The minimum atomic E-state index is -1.17. The third-order valence-electron chi connectivity index (χ3n) is 4.48. The molecule has 0 bridgehead atoms. The van der Waals surface area contributed by atoms with E-state index in [9.17, 15) is 14.7 Å². The van der Waals surface area contributed by atoms with Gasteiger partial charge in [0.15, 0.2) is 5.69 Å². The molecule has 4 rings (SSSR count). The van der Waals surface area contributed by atoms with Crippen molar-refractivity contribution in [1.82, 2.24) is 10.5 Å². The third kappa shape index (κ3) is 2.67. The second kappa shape index (κ2) is 6.08. The molecule has 128 valence electrons. The summed E-state index contributed by atoms with van der Waals surface area (Å²) in [6.45, 7) is 0.0408. The van der Waals surface area contributed by atoms with Gasteiger partial charge in [-0.05, 0) is 25.3 Å². The molecule has 0 atom stereocenters. The standard InChI is InChI=1S/C18H16N2O5/c21-17(15-11-6-2-4-8-14(11)25-20-15)19-9-12-10-5-1-3-7-13(10)24-16(12)18(22)23/h1,3,5,7H,2,4,6,8-9H2,(H,19,21)(H,22,23). The maximum atomic E-state index is 12.5. The lowest BCUT2D eigenvalue weighted by molar-refractivity contribution is 0.0662. The smallest absolute Gasteiger partial charge is 0.372 e. The van der Waals surface area contributed by atoms with Crippen molar-refractivity contribution in [2.45, 2.75) is 32.2 Å². The number of aryl methyl sites for hydroxylation is 1. The van der Waals surface area contributed by atoms with E-state index in [0.29, 0.717) is 22.2 Å². The minimum Gasteiger partial charge on any atom is -0.475 e. The number of carbonyl (C=O) groups excluding carboxylic acids is 1. The molecule has 0 unspecified atom stereocenters. The molecule has 2 N–H and O–H groups in total. The number of aromatic carboxylic acids is 1. The summed E-state index contributed by atoms with van der Waals surface area (Å²) in [4.78, 5) is 23.9. The van der Waals surface area contributed by atoms with E-state index in [0.717, 1.165) is 37.0 Å². The Balaban J connectivity index is 1.60. The lowest BCUT2D eigenvalue weighted by Gasteiger charge is -2.09. The molecule has 0 saturated carbocycles. The van der Waals surface area contributed by atoms with Crippen LogP contribution >= 0.6 is 0 Å². The van der Waals surface area contributed by atoms with Crippen molar-refractivity contribution in [1.29, 1.82) is 0 Å². The Morgan fingerprint density at radius 2 is 2.00 bits per heavy atom. The van der Waals surface area contributed by atoms with E-state index in [4.69, 9.17) is 8.94 Å². The van der Waals surface area contributed by atoms with Crippen molar-refractivity contribution in [3.8, 4) is 0 Å². The molecule has 0 spiro atoms. The number of carboxylic acid groups (broad SMARTS) is 1. The number of carbonyl (C=O) groups is 2. The van der Waals surface area contributed by atoms with Crippen LogP contribution in [-0.4, -0.2) is 22.1 Å². The van der Waals surface area contributed by atoms with Crippen LogP contribution in [0.1, 0.15) is 50.8 Å². The summed E-state index contributed by atoms with van der Waals surface area (Å²) in [6.07, 6.45) is 3.61. The Labute approximate surface area is 142 Å². The van der Waals surface area contributed by atoms with Gasteiger partial charge in [-0.1, -0.05) is 23.4 Å². The largest absolute Gasteiger partial charge is 0.475 e. The average molecular weight is 340 g/mol. The molecule has 2 aromatic heterocycles. The molecular formula is C18H16N2O5. The number of hydrogen-bond acceptors (Lipinski definition) is 5. The monoisotopic (exact) mass is 340 g/mol. The van der Waals surface area contributed by atoms with Crippen molar-refractivity contribution >= 4 is 22.8 Å². The number of para-hydroxylation sites is 1. The second-order valence-electron chi connectivity index (χ2n) is 6.03. The highest BCUT2D eigenvalue weighted by Gasteiger charge is 2.25. The molecule has 0 aliphatic heterocycles. The summed E-state index contributed by atoms with van der Waals surface area (Å²) in [5, 5.41) is 16.6. The predicted octanol–water partition coefficient (Wildman–Crippen LogP) is 2.93. The summed E-state index contributed by atoms with van der Waals surface area (Å²) >= 11 is 0. The van der Waals surface area contributed by atoms with E-state index in [1.807, 2.05) is 0 Å². The quantitative estimate of drug-likeness (QED) is 0.756. The SMILES string of the molecule is O=C(NCc1c(C(=O)O)oc2ccccc12)c1noc2c1CCCC2. The molecule has 25 heavy (non-hydrogen) atoms. The highest BCUT2D eigenvalue weighted by atomic mass is 16.5. The van der Waals surface area contributed by atoms with E-state index in [1.165, 1.54) is 0 Å². The first-order valence-corrected chi connectivity index (χ1v) is 8.14. The zero-order valence-corrected chi connectivity index (χ0v) is 13.4. The third-order valence-corrected chi connectivity index (χ3v) is 4.48. The zero-order valence-electron chi connectivity index (χ0n) is 13.4. The summed E-state index contributed by atoms with van der Waals surface area (Å²) in [5.41, 5.74) is 2.07. The van der Waals surface area contributed by atoms with E-state index in [-0.39, 0.29) is 18.2 Å². The van der Waals surface area contributed by atoms with Crippen LogP contribution in [-0.2, 0) is 19.4 Å². The van der Waals surface area contributed by atoms with Crippen molar-refractivity contribution in [2.24, 2.45) is 0 Å². The molecule has 1 amide bonds. The summed E-state index contributed by atoms with van der Waals surface area (Å²) in [6, 6.07) is 7.02. The number of nitrogens with zero attached hydrogens (tertiary/aromatic N) is 1. The Hall–Kier alpha value is -3.09. The van der Waals surface area contributed by atoms with Crippen LogP contribution in [0.2, 0.25) is 0 Å². The van der Waals surface area contributed by atoms with Crippen molar-refractivity contribution in [2.75, 3.05) is 0 Å². The van der Waals surface area contributed by atoms with Crippen LogP contribution in [0.3, 0.4) is 0 Å². The van der Waals surface area contributed by atoms with Gasteiger partial charge in [0.25, 0.3) is 5.91 Å². The van der Waals surface area contributed by atoms with Gasteiger partial charge in [0, 0.05) is 29.5 Å². The summed E-state index contributed by atoms with van der Waals surface area (Å²) in [7, 11) is 0. The van der Waals surface area contributed by atoms with Crippen molar-refractivity contribution in [3.63, 3.8) is 0 Å². The fourth-order valence-corrected chi connectivity index (χ4v) is 3.26. The number of hydrogen-bond donors (Lipinski definition) is 2. The van der Waals surface area contributed by atoms with E-state index < -0.39 is 5.97 Å². The number of nitrogens with one attached hydrogen (secondary N) is 1. The molecule has 0 radical (unpaired) electrons. The molecule has 0 fully saturated rings. The van der Waals surface area contributed by atoms with Crippen LogP contribution in [0.4, 0.5) is 0 Å². The van der Waals surface area contributed by atoms with Crippen molar-refractivity contribution < 1.29 is 23.6 Å². The number of fused-ring (bicyclic) bond motifs is 2. The van der Waals surface area contributed by atoms with Crippen LogP contribution in [0, 0.1) is 0 Å². The number of amides is 1. The lowest BCUT2D eigenvalue weighted by Crippen LogP contribution is -2.25. The van der Waals surface area contributed by atoms with Crippen LogP contribution < -0.4 is 5.32 Å². The Morgan fingerprint density at radius 3 is 2.84 bits per heavy atom. The van der Waals surface area contributed by atoms with E-state index in [1.54, 1.807) is 24.3 Å². The van der Waals surface area contributed by atoms with Gasteiger partial charge < -0.3 is 19.4 Å². The number of aromatic nitrogens is 1. The molecular weight excluding hydrogens is 324 g/mol. The maximum absolute atomic E-state index is 12.5. The van der Waals surface area contributed by atoms with Gasteiger partial charge in [-0.15, -0.1) is 0 Å². The van der Waals surface area contributed by atoms with Crippen LogP contribution in [0.15, 0.2) is 33.2 Å². The fraction of sp³-hybridized carbons (Fsp3) is 0.278. The summed E-state index contributed by atoms with van der Waals surface area (Å²) in [5.74, 6) is -0.923. The van der Waals surface area contributed by atoms with E-state index >= 15 is 0 Å². The predicted molar refractivity (Wildman–Crippen MR) is 87.5 cm³/mol. The highest BCUT2D eigenvalue weighted by Crippen LogP contribution is 2.27. The van der Waals surface area contributed by atoms with E-state index in [2.05, 4.69) is 10.5 Å². The van der Waals surface area contributed by atoms with Gasteiger partial charge in [0.1, 0.15) is 11.3 Å². The first-order chi connectivity index (χ1) is 12.1. The topological polar surface area (TPSA) is 106 Å². The molecule has 1 aromatic carbocycles. The number of benzene rings is 1. The maximum Gasteiger partial charge on any atom is 0.372 e. The van der Waals surface area contributed by atoms with Gasteiger partial charge in [-0.2, -0.15) is 0 Å². The van der Waals surface area contributed by atoms with Gasteiger partial charge >= 0.3 is 5.97 Å². The van der Waals surface area contributed by atoms with Crippen molar-refractivity contribution in [3.05, 3.63) is 52.6 Å². The number of carboxylic acids is 1. The van der Waals surface area contributed by atoms with Gasteiger partial charge in [-0.25, -0.2) is 4.79 Å². The molecule has 3 aromatic rings. The molecule has 1 aliphatic carbocycles. The second-order valence-corrected chi connectivity index (χ2v) is 6.03. The number of rotatable bonds is 4. The molecule has 2 heterocycles. The Kier molecular flexibility index (Phi) is 3.76. The average Bonchev–Trinajstić information content (AvgIpc) is 3.21. The minimum absolute atomic E-state index is 0.0408. The van der Waals surface area contributed by atoms with Gasteiger partial charge in [0.05, 0.1) is 0 Å². The zero-order chi connectivity index (χ0) is 17.4. The van der Waals surface area contributed by atoms with Crippen LogP contribution in [0.25, 0.3) is 11.0 Å². The first-order valence-electron chi connectivity index (χ1n) is 8.14. The molecule has 1 aliphatic rings. The molecule has 7 heteroatoms. The Bertz CT molecular complexity index is 969. The summed E-state index contributed by atoms with van der Waals surface area (Å²) < 4.78 is 10.6. The number of furan rings is 1.